The molecule has 0 aromatic heterocycles. The molecule has 3 atom stereocenters. The van der Waals surface area contributed by atoms with Crippen LogP contribution in [0.5, 0.6) is 5.75 Å². The lowest BCUT2D eigenvalue weighted by molar-refractivity contribution is 0.160. The van der Waals surface area contributed by atoms with Gasteiger partial charge >= 0.3 is 7.60 Å². The largest absolute Gasteiger partial charge is 0.508 e. The van der Waals surface area contributed by atoms with E-state index >= 15 is 0 Å². The standard InChI is InChI=1S/C38H35FNO5PS/c39-31-16-9-28(10-17-31)35(41)8-4-7-30-24-37(47)40(32-18-11-26(12-19-32)25-5-2-1-3-6-25)38(30)34-22-15-29(23-36(34)42)27-13-20-33(21-14-27)46(43,44)45/h1-3,5-6,9-23,30,35,38,41-42H,4,7-8,24H2,(H2,43,44,45)/t30-,35+,38-/m0/s1. The fourth-order valence-corrected chi connectivity index (χ4v) is 7.42. The quantitative estimate of drug-likeness (QED) is 0.0876. The first-order valence-electron chi connectivity index (χ1n) is 15.5. The smallest absolute Gasteiger partial charge is 0.356 e. The highest BCUT2D eigenvalue weighted by Crippen LogP contribution is 2.47. The topological polar surface area (TPSA) is 101 Å². The molecular weight excluding hydrogens is 632 g/mol. The maximum atomic E-state index is 13.4. The summed E-state index contributed by atoms with van der Waals surface area (Å²) in [6.45, 7) is 0. The highest BCUT2D eigenvalue weighted by atomic mass is 32.1. The average molecular weight is 668 g/mol. The minimum atomic E-state index is -4.36. The van der Waals surface area contributed by atoms with E-state index in [1.54, 1.807) is 30.3 Å². The molecule has 1 aliphatic heterocycles. The third kappa shape index (κ3) is 7.38. The molecule has 4 N–H and O–H groups in total. The number of thiocarbonyl (C=S) groups is 1. The first-order valence-corrected chi connectivity index (χ1v) is 17.5. The highest BCUT2D eigenvalue weighted by molar-refractivity contribution is 7.80. The summed E-state index contributed by atoms with van der Waals surface area (Å²) in [5.74, 6) is -0.196. The number of anilines is 1. The van der Waals surface area contributed by atoms with Crippen LogP contribution in [0.25, 0.3) is 22.3 Å². The summed E-state index contributed by atoms with van der Waals surface area (Å²) in [5, 5.41) is 22.2. The van der Waals surface area contributed by atoms with E-state index in [4.69, 9.17) is 12.2 Å². The summed E-state index contributed by atoms with van der Waals surface area (Å²) in [6, 6.07) is 35.5. The van der Waals surface area contributed by atoms with Crippen molar-refractivity contribution in [3.63, 3.8) is 0 Å². The number of nitrogens with zero attached hydrogens (tertiary/aromatic N) is 1. The van der Waals surface area contributed by atoms with Crippen LogP contribution in [-0.4, -0.2) is 25.0 Å². The summed E-state index contributed by atoms with van der Waals surface area (Å²) in [4.78, 5) is 21.8. The number of halogens is 1. The molecule has 0 bridgehead atoms. The van der Waals surface area contributed by atoms with Crippen LogP contribution in [0.15, 0.2) is 121 Å². The Morgan fingerprint density at radius 3 is 2.04 bits per heavy atom. The van der Waals surface area contributed by atoms with Gasteiger partial charge in [-0.05, 0) is 89.0 Å². The van der Waals surface area contributed by atoms with Crippen molar-refractivity contribution in [3.8, 4) is 28.0 Å². The summed E-state index contributed by atoms with van der Waals surface area (Å²) in [7, 11) is -4.36. The molecule has 1 heterocycles. The van der Waals surface area contributed by atoms with Crippen LogP contribution in [-0.2, 0) is 4.57 Å². The maximum Gasteiger partial charge on any atom is 0.356 e. The molecule has 1 saturated heterocycles. The number of hydrogen-bond donors (Lipinski definition) is 4. The van der Waals surface area contributed by atoms with Crippen LogP contribution < -0.4 is 10.2 Å². The molecule has 0 spiro atoms. The van der Waals surface area contributed by atoms with Crippen LogP contribution in [0.4, 0.5) is 10.1 Å². The van der Waals surface area contributed by atoms with Gasteiger partial charge in [-0.15, -0.1) is 0 Å². The number of phenols is 1. The van der Waals surface area contributed by atoms with E-state index in [2.05, 4.69) is 41.3 Å². The molecule has 47 heavy (non-hydrogen) atoms. The van der Waals surface area contributed by atoms with Crippen molar-refractivity contribution in [2.75, 3.05) is 4.90 Å². The molecule has 0 amide bonds. The van der Waals surface area contributed by atoms with Crippen LogP contribution in [0.1, 0.15) is 49.0 Å². The van der Waals surface area contributed by atoms with Gasteiger partial charge in [-0.3, -0.25) is 4.57 Å². The lowest BCUT2D eigenvalue weighted by atomic mass is 9.87. The molecule has 0 saturated carbocycles. The molecule has 6 rings (SSSR count). The zero-order valence-electron chi connectivity index (χ0n) is 25.5. The molecule has 5 aromatic carbocycles. The zero-order chi connectivity index (χ0) is 33.1. The summed E-state index contributed by atoms with van der Waals surface area (Å²) in [5.41, 5.74) is 5.93. The van der Waals surface area contributed by atoms with E-state index in [9.17, 15) is 29.0 Å². The number of aromatic hydroxyl groups is 1. The van der Waals surface area contributed by atoms with Crippen molar-refractivity contribution in [1.82, 2.24) is 0 Å². The fraction of sp³-hybridized carbons (Fsp3) is 0.184. The first-order chi connectivity index (χ1) is 22.6. The second-order valence-corrected chi connectivity index (χ2v) is 14.0. The Hall–Kier alpha value is -4.17. The third-order valence-corrected chi connectivity index (χ3v) is 10.2. The predicted molar refractivity (Wildman–Crippen MR) is 188 cm³/mol. The van der Waals surface area contributed by atoms with Crippen molar-refractivity contribution in [3.05, 3.63) is 138 Å². The Morgan fingerprint density at radius 2 is 1.40 bits per heavy atom. The van der Waals surface area contributed by atoms with Gasteiger partial charge in [0.1, 0.15) is 11.6 Å². The van der Waals surface area contributed by atoms with Crippen LogP contribution in [0.3, 0.4) is 0 Å². The molecular formula is C38H35FNO5PS. The van der Waals surface area contributed by atoms with Crippen molar-refractivity contribution >= 4 is 35.8 Å². The number of aliphatic hydroxyl groups excluding tert-OH is 1. The number of aliphatic hydroxyl groups is 1. The van der Waals surface area contributed by atoms with E-state index in [1.165, 1.54) is 24.3 Å². The van der Waals surface area contributed by atoms with E-state index in [1.807, 2.05) is 30.3 Å². The van der Waals surface area contributed by atoms with Gasteiger partial charge in [0.25, 0.3) is 0 Å². The number of phenolic OH excluding ortho intramolecular Hbond substituents is 1. The van der Waals surface area contributed by atoms with Crippen LogP contribution in [0, 0.1) is 11.7 Å². The maximum absolute atomic E-state index is 13.4. The Kier molecular flexibility index (Phi) is 9.69. The highest BCUT2D eigenvalue weighted by Gasteiger charge is 2.40. The third-order valence-electron chi connectivity index (χ3n) is 8.88. The van der Waals surface area contributed by atoms with Gasteiger partial charge in [-0.2, -0.15) is 0 Å². The molecule has 1 fully saturated rings. The zero-order valence-corrected chi connectivity index (χ0v) is 27.2. The van der Waals surface area contributed by atoms with Crippen molar-refractivity contribution in [2.45, 2.75) is 37.8 Å². The van der Waals surface area contributed by atoms with Gasteiger partial charge in [0.2, 0.25) is 0 Å². The fourth-order valence-electron chi connectivity index (χ4n) is 6.45. The first kappa shape index (κ1) is 32.8. The second kappa shape index (κ2) is 13.9. The monoisotopic (exact) mass is 667 g/mol. The average Bonchev–Trinajstić information content (AvgIpc) is 3.40. The number of benzene rings is 5. The minimum Gasteiger partial charge on any atom is -0.508 e. The molecule has 9 heteroatoms. The minimum absolute atomic E-state index is 0.0519. The van der Waals surface area contributed by atoms with E-state index in [0.29, 0.717) is 36.0 Å². The molecule has 0 aliphatic carbocycles. The van der Waals surface area contributed by atoms with Crippen molar-refractivity contribution < 1.29 is 29.0 Å². The molecule has 0 unspecified atom stereocenters. The van der Waals surface area contributed by atoms with Gasteiger partial charge in [0.15, 0.2) is 0 Å². The molecule has 1 aliphatic rings. The number of hydrogen-bond acceptors (Lipinski definition) is 4. The summed E-state index contributed by atoms with van der Waals surface area (Å²) >= 11 is 5.98. The van der Waals surface area contributed by atoms with Gasteiger partial charge in [-0.25, -0.2) is 4.39 Å². The SMILES string of the molecule is O=P(O)(O)c1ccc(-c2ccc([C@@H]3[C@@H](CCC[C@@H](O)c4ccc(F)cc4)CC(=S)N3c3ccc(-c4ccccc4)cc3)c(O)c2)cc1. The Morgan fingerprint density at radius 1 is 0.809 bits per heavy atom. The molecule has 6 nitrogen and oxygen atoms in total. The van der Waals surface area contributed by atoms with Gasteiger partial charge in [0, 0.05) is 17.7 Å². The Balaban J connectivity index is 1.29. The van der Waals surface area contributed by atoms with Crippen molar-refractivity contribution in [1.29, 1.82) is 0 Å². The molecule has 5 aromatic rings. The predicted octanol–water partition coefficient (Wildman–Crippen LogP) is 8.47. The van der Waals surface area contributed by atoms with Gasteiger partial charge < -0.3 is 24.9 Å². The van der Waals surface area contributed by atoms with Crippen LogP contribution >= 0.6 is 19.8 Å². The lowest BCUT2D eigenvalue weighted by Crippen LogP contribution is -2.28. The Bertz CT molecular complexity index is 1900. The van der Waals surface area contributed by atoms with E-state index in [-0.39, 0.29) is 28.8 Å². The summed E-state index contributed by atoms with van der Waals surface area (Å²) in [6.07, 6.45) is 1.87. The van der Waals surface area contributed by atoms with Gasteiger partial charge in [-0.1, -0.05) is 97.5 Å². The molecule has 0 radical (unpaired) electrons. The second-order valence-electron chi connectivity index (χ2n) is 11.9. The summed E-state index contributed by atoms with van der Waals surface area (Å²) < 4.78 is 25.0. The van der Waals surface area contributed by atoms with Crippen molar-refractivity contribution in [2.24, 2.45) is 5.92 Å². The van der Waals surface area contributed by atoms with Crippen LogP contribution in [0.2, 0.25) is 0 Å². The number of rotatable bonds is 10. The molecule has 240 valence electrons. The van der Waals surface area contributed by atoms with E-state index < -0.39 is 13.7 Å². The Labute approximate surface area is 278 Å². The lowest BCUT2D eigenvalue weighted by Gasteiger charge is -2.31. The van der Waals surface area contributed by atoms with Gasteiger partial charge in [0.05, 0.1) is 22.4 Å². The van der Waals surface area contributed by atoms with E-state index in [0.717, 1.165) is 33.8 Å². The normalized spacial score (nSPS) is 17.2.